The van der Waals surface area contributed by atoms with Gasteiger partial charge in [0.1, 0.15) is 17.9 Å². The maximum atomic E-state index is 13.3. The summed E-state index contributed by atoms with van der Waals surface area (Å²) in [6, 6.07) is 21.4. The fourth-order valence-electron chi connectivity index (χ4n) is 4.76. The van der Waals surface area contributed by atoms with Crippen LogP contribution >= 0.6 is 11.6 Å². The zero-order valence-corrected chi connectivity index (χ0v) is 21.7. The first-order valence-electron chi connectivity index (χ1n) is 12.3. The first-order chi connectivity index (χ1) is 17.1. The second kappa shape index (κ2) is 10.8. The van der Waals surface area contributed by atoms with Gasteiger partial charge in [-0.25, -0.2) is 0 Å². The quantitative estimate of drug-likeness (QED) is 0.377. The standard InChI is InChI=1S/C30H32ClNO4/c1-20(2)23-9-7-22(8-10-23)17-30(3)18-25-16-24(11-12-27(25)36-30)29(35)32(19-28(33)34)14-13-21-5-4-6-26(31)15-21/h4-12,15-16,20H,13-14,17-19H2,1-3H3,(H,33,34)/t30-/m0/s1. The molecule has 1 aliphatic rings. The second-order valence-electron chi connectivity index (χ2n) is 10.1. The lowest BCUT2D eigenvalue weighted by molar-refractivity contribution is -0.137. The minimum atomic E-state index is -1.05. The van der Waals surface area contributed by atoms with E-state index in [1.807, 2.05) is 30.3 Å². The number of ether oxygens (including phenoxy) is 1. The number of hydrogen-bond acceptors (Lipinski definition) is 3. The summed E-state index contributed by atoms with van der Waals surface area (Å²) < 4.78 is 6.32. The lowest BCUT2D eigenvalue weighted by atomic mass is 9.90. The zero-order valence-electron chi connectivity index (χ0n) is 21.0. The van der Waals surface area contributed by atoms with Gasteiger partial charge in [-0.15, -0.1) is 0 Å². The number of aliphatic carboxylic acids is 1. The Bertz CT molecular complexity index is 1250. The van der Waals surface area contributed by atoms with Crippen molar-refractivity contribution in [2.45, 2.75) is 51.6 Å². The number of hydrogen-bond donors (Lipinski definition) is 1. The summed E-state index contributed by atoms with van der Waals surface area (Å²) in [6.07, 6.45) is 1.95. The van der Waals surface area contributed by atoms with Gasteiger partial charge in [-0.2, -0.15) is 0 Å². The van der Waals surface area contributed by atoms with Crippen molar-refractivity contribution in [2.75, 3.05) is 13.1 Å². The number of fused-ring (bicyclic) bond motifs is 1. The van der Waals surface area contributed by atoms with Crippen molar-refractivity contribution in [1.29, 1.82) is 0 Å². The highest BCUT2D eigenvalue weighted by atomic mass is 35.5. The third kappa shape index (κ3) is 6.27. The molecule has 3 aromatic carbocycles. The van der Waals surface area contributed by atoms with E-state index in [4.69, 9.17) is 16.3 Å². The fourth-order valence-corrected chi connectivity index (χ4v) is 4.97. The lowest BCUT2D eigenvalue weighted by Crippen LogP contribution is -2.37. The molecule has 5 nitrogen and oxygen atoms in total. The molecule has 1 aliphatic heterocycles. The summed E-state index contributed by atoms with van der Waals surface area (Å²) in [6.45, 7) is 6.37. The van der Waals surface area contributed by atoms with Crippen LogP contribution in [0, 0.1) is 0 Å². The number of carbonyl (C=O) groups excluding carboxylic acids is 1. The van der Waals surface area contributed by atoms with Crippen LogP contribution < -0.4 is 4.74 Å². The Morgan fingerprint density at radius 1 is 1.06 bits per heavy atom. The number of carboxylic acid groups (broad SMARTS) is 1. The number of halogens is 1. The minimum absolute atomic E-state index is 0.281. The van der Waals surface area contributed by atoms with Crippen LogP contribution in [-0.4, -0.2) is 40.6 Å². The van der Waals surface area contributed by atoms with Crippen molar-refractivity contribution < 1.29 is 19.4 Å². The summed E-state index contributed by atoms with van der Waals surface area (Å²) >= 11 is 6.06. The van der Waals surface area contributed by atoms with Crippen LogP contribution in [0.5, 0.6) is 5.75 Å². The number of carbonyl (C=O) groups is 2. The smallest absolute Gasteiger partial charge is 0.323 e. The highest BCUT2D eigenvalue weighted by Gasteiger charge is 2.35. The third-order valence-electron chi connectivity index (χ3n) is 6.63. The number of benzene rings is 3. The largest absolute Gasteiger partial charge is 0.487 e. The Kier molecular flexibility index (Phi) is 7.70. The predicted molar refractivity (Wildman–Crippen MR) is 142 cm³/mol. The molecule has 0 aromatic heterocycles. The molecule has 0 saturated carbocycles. The van der Waals surface area contributed by atoms with Crippen molar-refractivity contribution in [3.63, 3.8) is 0 Å². The second-order valence-corrected chi connectivity index (χ2v) is 10.6. The van der Waals surface area contributed by atoms with Crippen LogP contribution in [0.3, 0.4) is 0 Å². The summed E-state index contributed by atoms with van der Waals surface area (Å²) in [5.74, 6) is -0.0876. The van der Waals surface area contributed by atoms with Gasteiger partial charge in [0.25, 0.3) is 5.91 Å². The summed E-state index contributed by atoms with van der Waals surface area (Å²) in [4.78, 5) is 26.2. The molecule has 0 unspecified atom stereocenters. The highest BCUT2D eigenvalue weighted by molar-refractivity contribution is 6.30. The number of carboxylic acids is 1. The van der Waals surface area contributed by atoms with Crippen LogP contribution in [0.4, 0.5) is 0 Å². The third-order valence-corrected chi connectivity index (χ3v) is 6.86. The van der Waals surface area contributed by atoms with Gasteiger partial charge in [0.05, 0.1) is 0 Å². The molecule has 0 radical (unpaired) electrons. The Labute approximate surface area is 217 Å². The van der Waals surface area contributed by atoms with E-state index in [0.29, 0.717) is 29.3 Å². The molecule has 1 atom stereocenters. The fraction of sp³-hybridized carbons (Fsp3) is 0.333. The van der Waals surface area contributed by atoms with Crippen LogP contribution in [0.1, 0.15) is 59.3 Å². The molecule has 1 heterocycles. The van der Waals surface area contributed by atoms with Crippen molar-refractivity contribution in [3.05, 3.63) is 99.6 Å². The SMILES string of the molecule is CC(C)c1ccc(C[C@@]2(C)Cc3cc(C(=O)N(CCc4cccc(Cl)c4)CC(=O)O)ccc3O2)cc1. The molecule has 6 heteroatoms. The van der Waals surface area contributed by atoms with Gasteiger partial charge >= 0.3 is 5.97 Å². The average molecular weight is 506 g/mol. The summed E-state index contributed by atoms with van der Waals surface area (Å²) in [5.41, 5.74) is 4.49. The molecule has 1 amide bonds. The number of nitrogens with zero attached hydrogens (tertiary/aromatic N) is 1. The van der Waals surface area contributed by atoms with Crippen LogP contribution in [0.15, 0.2) is 66.7 Å². The maximum absolute atomic E-state index is 13.3. The van der Waals surface area contributed by atoms with Gasteiger partial charge < -0.3 is 14.7 Å². The molecule has 0 spiro atoms. The van der Waals surface area contributed by atoms with E-state index in [-0.39, 0.29) is 19.0 Å². The zero-order chi connectivity index (χ0) is 25.9. The highest BCUT2D eigenvalue weighted by Crippen LogP contribution is 2.38. The predicted octanol–water partition coefficient (Wildman–Crippen LogP) is 6.17. The van der Waals surface area contributed by atoms with Gasteiger partial charge in [0.2, 0.25) is 0 Å². The van der Waals surface area contributed by atoms with Crippen molar-refractivity contribution in [3.8, 4) is 5.75 Å². The molecular weight excluding hydrogens is 474 g/mol. The molecular formula is C30H32ClNO4. The summed E-state index contributed by atoms with van der Waals surface area (Å²) in [7, 11) is 0. The Morgan fingerprint density at radius 3 is 2.47 bits per heavy atom. The molecule has 0 fully saturated rings. The lowest BCUT2D eigenvalue weighted by Gasteiger charge is -2.24. The summed E-state index contributed by atoms with van der Waals surface area (Å²) in [5, 5.41) is 10.0. The Balaban J connectivity index is 1.46. The van der Waals surface area contributed by atoms with Crippen LogP contribution in [-0.2, 0) is 24.1 Å². The van der Waals surface area contributed by atoms with E-state index < -0.39 is 11.6 Å². The van der Waals surface area contributed by atoms with Gasteiger partial charge in [0, 0.05) is 30.0 Å². The van der Waals surface area contributed by atoms with E-state index >= 15 is 0 Å². The van der Waals surface area contributed by atoms with Crippen molar-refractivity contribution >= 4 is 23.5 Å². The van der Waals surface area contributed by atoms with Gasteiger partial charge in [-0.3, -0.25) is 9.59 Å². The first kappa shape index (κ1) is 25.8. The minimum Gasteiger partial charge on any atom is -0.487 e. The van der Waals surface area contributed by atoms with Gasteiger partial charge in [0.15, 0.2) is 0 Å². The number of amides is 1. The molecule has 36 heavy (non-hydrogen) atoms. The molecule has 188 valence electrons. The molecule has 1 N–H and O–H groups in total. The maximum Gasteiger partial charge on any atom is 0.323 e. The van der Waals surface area contributed by atoms with Gasteiger partial charge in [-0.1, -0.05) is 61.8 Å². The van der Waals surface area contributed by atoms with E-state index in [2.05, 4.69) is 45.0 Å². The Hall–Kier alpha value is -3.31. The molecule has 0 saturated heterocycles. The van der Waals surface area contributed by atoms with Crippen LogP contribution in [0.2, 0.25) is 5.02 Å². The van der Waals surface area contributed by atoms with E-state index in [0.717, 1.165) is 23.3 Å². The topological polar surface area (TPSA) is 66.8 Å². The van der Waals surface area contributed by atoms with E-state index in [1.165, 1.54) is 16.0 Å². The van der Waals surface area contributed by atoms with E-state index in [9.17, 15) is 14.7 Å². The van der Waals surface area contributed by atoms with Crippen LogP contribution in [0.25, 0.3) is 0 Å². The average Bonchev–Trinajstić information content (AvgIpc) is 3.16. The molecule has 0 aliphatic carbocycles. The normalized spacial score (nSPS) is 16.5. The molecule has 4 rings (SSSR count). The van der Waals surface area contributed by atoms with Crippen molar-refractivity contribution in [1.82, 2.24) is 4.90 Å². The van der Waals surface area contributed by atoms with Gasteiger partial charge in [-0.05, 0) is 71.8 Å². The Morgan fingerprint density at radius 2 is 1.81 bits per heavy atom. The first-order valence-corrected chi connectivity index (χ1v) is 12.7. The molecule has 0 bridgehead atoms. The van der Waals surface area contributed by atoms with Crippen molar-refractivity contribution in [2.24, 2.45) is 0 Å². The molecule has 3 aromatic rings. The monoisotopic (exact) mass is 505 g/mol. The van der Waals surface area contributed by atoms with E-state index in [1.54, 1.807) is 12.1 Å². The number of rotatable bonds is 9.